The minimum atomic E-state index is -0.941. The van der Waals surface area contributed by atoms with Gasteiger partial charge in [0.2, 0.25) is 0 Å². The fraction of sp³-hybridized carbons (Fsp3) is 0.364. The minimum absolute atomic E-state index is 0.113. The van der Waals surface area contributed by atoms with Crippen LogP contribution in [0, 0.1) is 5.92 Å². The van der Waals surface area contributed by atoms with Crippen molar-refractivity contribution in [2.45, 2.75) is 19.8 Å². The number of aromatic nitrogens is 1. The van der Waals surface area contributed by atoms with E-state index in [2.05, 4.69) is 4.98 Å². The van der Waals surface area contributed by atoms with Crippen LogP contribution < -0.4 is 0 Å². The summed E-state index contributed by atoms with van der Waals surface area (Å²) in [4.78, 5) is 26.2. The predicted molar refractivity (Wildman–Crippen MR) is 54.6 cm³/mol. The zero-order chi connectivity index (χ0) is 11.3. The van der Waals surface area contributed by atoms with E-state index in [1.165, 1.54) is 12.4 Å². The van der Waals surface area contributed by atoms with Crippen LogP contribution in [0.5, 0.6) is 0 Å². The van der Waals surface area contributed by atoms with Gasteiger partial charge in [-0.05, 0) is 18.6 Å². The summed E-state index contributed by atoms with van der Waals surface area (Å²) in [6.07, 6.45) is 3.48. The number of carbonyl (C=O) groups is 2. The molecule has 1 aromatic heterocycles. The van der Waals surface area contributed by atoms with Crippen LogP contribution in [0.1, 0.15) is 30.1 Å². The second-order valence-corrected chi connectivity index (χ2v) is 3.30. The van der Waals surface area contributed by atoms with Crippen molar-refractivity contribution in [3.8, 4) is 0 Å². The highest BCUT2D eigenvalue weighted by atomic mass is 16.4. The Hall–Kier alpha value is -1.71. The van der Waals surface area contributed by atoms with Crippen molar-refractivity contribution in [1.29, 1.82) is 0 Å². The Morgan fingerprint density at radius 2 is 2.00 bits per heavy atom. The van der Waals surface area contributed by atoms with Gasteiger partial charge in [0, 0.05) is 23.9 Å². The van der Waals surface area contributed by atoms with E-state index in [1.807, 2.05) is 6.92 Å². The van der Waals surface area contributed by atoms with Crippen molar-refractivity contribution in [1.82, 2.24) is 4.98 Å². The second-order valence-electron chi connectivity index (χ2n) is 3.30. The number of rotatable bonds is 5. The number of pyridine rings is 1. The van der Waals surface area contributed by atoms with Gasteiger partial charge in [-0.2, -0.15) is 0 Å². The number of Topliss-reactive ketones (excluding diaryl/α,β-unsaturated/α-hetero) is 1. The summed E-state index contributed by atoms with van der Waals surface area (Å²) >= 11 is 0. The average Bonchev–Trinajstić information content (AvgIpc) is 2.26. The molecule has 4 nitrogen and oxygen atoms in total. The maximum absolute atomic E-state index is 11.8. The quantitative estimate of drug-likeness (QED) is 0.747. The Morgan fingerprint density at radius 3 is 2.47 bits per heavy atom. The number of carboxylic acid groups (broad SMARTS) is 1. The normalized spacial score (nSPS) is 12.1. The predicted octanol–water partition coefficient (Wildman–Crippen LogP) is 1.77. The lowest BCUT2D eigenvalue weighted by Gasteiger charge is -2.10. The fourth-order valence-corrected chi connectivity index (χ4v) is 1.39. The molecule has 0 radical (unpaired) electrons. The molecule has 0 amide bonds. The number of hydrogen-bond acceptors (Lipinski definition) is 3. The molecule has 0 aliphatic rings. The van der Waals surface area contributed by atoms with Crippen LogP contribution >= 0.6 is 0 Å². The van der Waals surface area contributed by atoms with Gasteiger partial charge in [0.25, 0.3) is 0 Å². The fourth-order valence-electron chi connectivity index (χ4n) is 1.39. The molecule has 0 saturated heterocycles. The van der Waals surface area contributed by atoms with Gasteiger partial charge < -0.3 is 5.11 Å². The minimum Gasteiger partial charge on any atom is -0.481 e. The Kier molecular flexibility index (Phi) is 3.97. The Balaban J connectivity index is 2.78. The van der Waals surface area contributed by atoms with Crippen molar-refractivity contribution in [2.24, 2.45) is 5.92 Å². The van der Waals surface area contributed by atoms with E-state index < -0.39 is 11.9 Å². The first kappa shape index (κ1) is 11.4. The smallest absolute Gasteiger partial charge is 0.304 e. The SMILES string of the molecule is CCC(CC(=O)O)C(=O)c1ccncc1. The summed E-state index contributed by atoms with van der Waals surface area (Å²) in [5.41, 5.74) is 0.526. The van der Waals surface area contributed by atoms with Crippen molar-refractivity contribution >= 4 is 11.8 Å². The lowest BCUT2D eigenvalue weighted by Crippen LogP contribution is -2.17. The van der Waals surface area contributed by atoms with Crippen LogP contribution in [0.25, 0.3) is 0 Å². The van der Waals surface area contributed by atoms with Gasteiger partial charge in [-0.15, -0.1) is 0 Å². The highest BCUT2D eigenvalue weighted by Crippen LogP contribution is 2.15. The molecule has 0 aromatic carbocycles. The third-order valence-corrected chi connectivity index (χ3v) is 2.25. The lowest BCUT2D eigenvalue weighted by molar-refractivity contribution is -0.137. The maximum Gasteiger partial charge on any atom is 0.304 e. The van der Waals surface area contributed by atoms with Crippen molar-refractivity contribution in [3.63, 3.8) is 0 Å². The summed E-state index contributed by atoms with van der Waals surface area (Å²) in [7, 11) is 0. The highest BCUT2D eigenvalue weighted by molar-refractivity contribution is 5.99. The van der Waals surface area contributed by atoms with Gasteiger partial charge >= 0.3 is 5.97 Å². The molecular weight excluding hydrogens is 194 g/mol. The molecule has 1 rings (SSSR count). The van der Waals surface area contributed by atoms with Crippen LogP contribution in [0.15, 0.2) is 24.5 Å². The molecule has 1 heterocycles. The Labute approximate surface area is 88.0 Å². The summed E-state index contributed by atoms with van der Waals surface area (Å²) in [5.74, 6) is -1.50. The first-order valence-electron chi connectivity index (χ1n) is 4.81. The first-order valence-corrected chi connectivity index (χ1v) is 4.81. The molecule has 80 valence electrons. The number of carboxylic acids is 1. The summed E-state index contributed by atoms with van der Waals surface area (Å²) in [6, 6.07) is 3.21. The van der Waals surface area contributed by atoms with E-state index >= 15 is 0 Å². The van der Waals surface area contributed by atoms with Gasteiger partial charge in [0.05, 0.1) is 6.42 Å². The molecule has 1 atom stereocenters. The summed E-state index contributed by atoms with van der Waals surface area (Å²) in [5, 5.41) is 8.65. The van der Waals surface area contributed by atoms with Crippen molar-refractivity contribution < 1.29 is 14.7 Å². The molecule has 0 aliphatic carbocycles. The third-order valence-electron chi connectivity index (χ3n) is 2.25. The zero-order valence-electron chi connectivity index (χ0n) is 8.51. The molecule has 4 heteroatoms. The first-order chi connectivity index (χ1) is 7.15. The summed E-state index contributed by atoms with van der Waals surface area (Å²) in [6.45, 7) is 1.81. The van der Waals surface area contributed by atoms with Crippen molar-refractivity contribution in [2.75, 3.05) is 0 Å². The third kappa shape index (κ3) is 3.16. The second kappa shape index (κ2) is 5.24. The number of carbonyl (C=O) groups excluding carboxylic acids is 1. The monoisotopic (exact) mass is 207 g/mol. The van der Waals surface area contributed by atoms with E-state index in [1.54, 1.807) is 12.1 Å². The van der Waals surface area contributed by atoms with E-state index in [0.717, 1.165) is 0 Å². The van der Waals surface area contributed by atoms with Crippen molar-refractivity contribution in [3.05, 3.63) is 30.1 Å². The average molecular weight is 207 g/mol. The van der Waals surface area contributed by atoms with E-state index in [4.69, 9.17) is 5.11 Å². The van der Waals surface area contributed by atoms with Gasteiger partial charge in [-0.3, -0.25) is 14.6 Å². The van der Waals surface area contributed by atoms with Crippen LogP contribution in [-0.2, 0) is 4.79 Å². The number of aliphatic carboxylic acids is 1. The molecule has 0 aliphatic heterocycles. The maximum atomic E-state index is 11.8. The molecule has 0 saturated carbocycles. The van der Waals surface area contributed by atoms with Crippen LogP contribution in [-0.4, -0.2) is 21.8 Å². The van der Waals surface area contributed by atoms with E-state index in [-0.39, 0.29) is 12.2 Å². The highest BCUT2D eigenvalue weighted by Gasteiger charge is 2.20. The molecule has 15 heavy (non-hydrogen) atoms. The molecular formula is C11H13NO3. The molecule has 1 N–H and O–H groups in total. The van der Waals surface area contributed by atoms with Gasteiger partial charge in [0.1, 0.15) is 0 Å². The van der Waals surface area contributed by atoms with Gasteiger partial charge in [-0.25, -0.2) is 0 Å². The van der Waals surface area contributed by atoms with Crippen LogP contribution in [0.4, 0.5) is 0 Å². The summed E-state index contributed by atoms with van der Waals surface area (Å²) < 4.78 is 0. The van der Waals surface area contributed by atoms with Crippen LogP contribution in [0.3, 0.4) is 0 Å². The van der Waals surface area contributed by atoms with Gasteiger partial charge in [-0.1, -0.05) is 6.92 Å². The van der Waals surface area contributed by atoms with E-state index in [0.29, 0.717) is 12.0 Å². The molecule has 0 bridgehead atoms. The lowest BCUT2D eigenvalue weighted by atomic mass is 9.93. The molecule has 1 aromatic rings. The number of ketones is 1. The number of nitrogens with zero attached hydrogens (tertiary/aromatic N) is 1. The number of hydrogen-bond donors (Lipinski definition) is 1. The molecule has 0 fully saturated rings. The van der Waals surface area contributed by atoms with Crippen LogP contribution in [0.2, 0.25) is 0 Å². The topological polar surface area (TPSA) is 67.3 Å². The zero-order valence-corrected chi connectivity index (χ0v) is 8.51. The Bertz CT molecular complexity index is 348. The standard InChI is InChI=1S/C11H13NO3/c1-2-8(7-10(13)14)11(15)9-3-5-12-6-4-9/h3-6,8H,2,7H2,1H3,(H,13,14). The van der Waals surface area contributed by atoms with Gasteiger partial charge in [0.15, 0.2) is 5.78 Å². The molecule has 1 unspecified atom stereocenters. The largest absolute Gasteiger partial charge is 0.481 e. The molecule has 0 spiro atoms. The Morgan fingerprint density at radius 1 is 1.40 bits per heavy atom. The van der Waals surface area contributed by atoms with E-state index in [9.17, 15) is 9.59 Å².